The van der Waals surface area contributed by atoms with Gasteiger partial charge in [-0.15, -0.1) is 0 Å². The highest BCUT2D eigenvalue weighted by molar-refractivity contribution is 6.03. The zero-order valence-electron chi connectivity index (χ0n) is 43.5. The fourth-order valence-corrected chi connectivity index (χ4v) is 8.03. The molecule has 9 heteroatoms. The van der Waals surface area contributed by atoms with Crippen molar-refractivity contribution in [3.05, 3.63) is 11.8 Å². The van der Waals surface area contributed by atoms with Gasteiger partial charge in [0.2, 0.25) is 5.91 Å². The molecule has 378 valence electrons. The predicted molar refractivity (Wildman–Crippen MR) is 273 cm³/mol. The first-order valence-corrected chi connectivity index (χ1v) is 27.3. The number of esters is 1. The number of hydrogen-bond donors (Lipinski definition) is 2. The SMILES string of the molecule is CCCCCCCCC(CC)OC.CCCCCCCCC(CCCCCCCC)OC(=O)CCCCCCCN(CCCCCCCC=O)CCCN/C=C(\C)C(=O)NC(=O)CC. The van der Waals surface area contributed by atoms with E-state index in [9.17, 15) is 19.2 Å². The molecule has 0 saturated heterocycles. The van der Waals surface area contributed by atoms with Crippen molar-refractivity contribution >= 4 is 24.1 Å². The summed E-state index contributed by atoms with van der Waals surface area (Å²) in [6, 6.07) is 0. The number of aldehydes is 1. The lowest BCUT2D eigenvalue weighted by molar-refractivity contribution is -0.150. The van der Waals surface area contributed by atoms with Gasteiger partial charge in [0, 0.05) is 44.7 Å². The summed E-state index contributed by atoms with van der Waals surface area (Å²) < 4.78 is 11.4. The molecule has 0 aliphatic carbocycles. The van der Waals surface area contributed by atoms with Gasteiger partial charge in [0.05, 0.1) is 6.10 Å². The van der Waals surface area contributed by atoms with Crippen molar-refractivity contribution in [1.82, 2.24) is 15.5 Å². The van der Waals surface area contributed by atoms with E-state index < -0.39 is 0 Å². The number of carbonyl (C=O) groups is 4. The van der Waals surface area contributed by atoms with Crippen LogP contribution in [0.25, 0.3) is 0 Å². The highest BCUT2D eigenvalue weighted by atomic mass is 16.5. The van der Waals surface area contributed by atoms with Crippen LogP contribution in [0.5, 0.6) is 0 Å². The molecule has 0 rings (SSSR count). The average Bonchev–Trinajstić information content (AvgIpc) is 3.29. The number of rotatable bonds is 47. The largest absolute Gasteiger partial charge is 0.462 e. The second-order valence-electron chi connectivity index (χ2n) is 18.5. The first kappa shape index (κ1) is 63.8. The van der Waals surface area contributed by atoms with E-state index in [1.54, 1.807) is 20.0 Å². The van der Waals surface area contributed by atoms with Gasteiger partial charge >= 0.3 is 5.97 Å². The maximum atomic E-state index is 12.8. The molecule has 9 nitrogen and oxygen atoms in total. The number of unbranched alkanes of at least 4 members (excludes halogenated alkanes) is 24. The van der Waals surface area contributed by atoms with Crippen LogP contribution in [-0.4, -0.2) is 74.5 Å². The number of nitrogens with zero attached hydrogens (tertiary/aromatic N) is 1. The Kier molecular flexibility index (Phi) is 51.6. The van der Waals surface area contributed by atoms with E-state index in [1.807, 2.05) is 7.11 Å². The summed E-state index contributed by atoms with van der Waals surface area (Å²) in [5, 5.41) is 5.61. The predicted octanol–water partition coefficient (Wildman–Crippen LogP) is 14.7. The molecule has 1 atom stereocenters. The van der Waals surface area contributed by atoms with Crippen molar-refractivity contribution in [2.45, 2.75) is 285 Å². The summed E-state index contributed by atoms with van der Waals surface area (Å²) in [6.45, 7) is 16.3. The molecule has 0 bridgehead atoms. The molecular formula is C55H107N3O6. The Morgan fingerprint density at radius 3 is 1.45 bits per heavy atom. The summed E-state index contributed by atoms with van der Waals surface area (Å²) in [5.41, 5.74) is 0.498. The summed E-state index contributed by atoms with van der Waals surface area (Å²) >= 11 is 0. The molecule has 0 spiro atoms. The van der Waals surface area contributed by atoms with E-state index in [4.69, 9.17) is 9.47 Å². The fourth-order valence-electron chi connectivity index (χ4n) is 8.03. The lowest BCUT2D eigenvalue weighted by atomic mass is 10.0. The molecule has 64 heavy (non-hydrogen) atoms. The molecule has 0 aromatic carbocycles. The molecule has 0 aromatic rings. The average molecular weight is 906 g/mol. The second kappa shape index (κ2) is 51.7. The number of methoxy groups -OCH3 is 1. The highest BCUT2D eigenvalue weighted by Gasteiger charge is 2.15. The van der Waals surface area contributed by atoms with Crippen molar-refractivity contribution in [3.8, 4) is 0 Å². The normalized spacial score (nSPS) is 12.0. The van der Waals surface area contributed by atoms with Gasteiger partial charge in [-0.2, -0.15) is 0 Å². The molecule has 2 N–H and O–H groups in total. The first-order valence-electron chi connectivity index (χ1n) is 27.3. The van der Waals surface area contributed by atoms with E-state index in [-0.39, 0.29) is 30.3 Å². The van der Waals surface area contributed by atoms with Gasteiger partial charge in [0.25, 0.3) is 5.91 Å². The van der Waals surface area contributed by atoms with Crippen LogP contribution >= 0.6 is 0 Å². The van der Waals surface area contributed by atoms with Gasteiger partial charge in [-0.05, 0) is 97.2 Å². The lowest BCUT2D eigenvalue weighted by Gasteiger charge is -2.22. The molecule has 0 fully saturated rings. The lowest BCUT2D eigenvalue weighted by Crippen LogP contribution is -2.31. The van der Waals surface area contributed by atoms with Gasteiger partial charge in [-0.3, -0.25) is 19.7 Å². The van der Waals surface area contributed by atoms with E-state index in [0.717, 1.165) is 96.7 Å². The highest BCUT2D eigenvalue weighted by Crippen LogP contribution is 2.19. The third kappa shape index (κ3) is 46.3. The summed E-state index contributed by atoms with van der Waals surface area (Å²) in [6.07, 6.45) is 44.9. The zero-order chi connectivity index (χ0) is 47.6. The topological polar surface area (TPSA) is 114 Å². The number of ether oxygens (including phenoxy) is 2. The molecule has 0 radical (unpaired) electrons. The van der Waals surface area contributed by atoms with Gasteiger partial charge in [0.15, 0.2) is 0 Å². The van der Waals surface area contributed by atoms with Crippen LogP contribution in [0.4, 0.5) is 0 Å². The van der Waals surface area contributed by atoms with E-state index in [2.05, 4.69) is 43.2 Å². The number of amides is 2. The molecule has 0 aliphatic rings. The zero-order valence-corrected chi connectivity index (χ0v) is 43.5. The standard InChI is InChI=1S/C43H81N3O5.C12H26O/c1-5-8-10-12-17-23-30-40(31-24-18-13-11-9-6-2)51-42(49)32-25-19-16-21-27-35-46(34-26-20-14-15-22-28-37-47)36-29-33-44-38-39(4)43(50)45-41(48)7-3;1-4-6-7-8-9-10-11-12(5-2)13-3/h37-38,40,44H,5-36H2,1-4H3,(H,45,48,50);12H,4-11H2,1-3H3/b39-38+;. The maximum Gasteiger partial charge on any atom is 0.306 e. The molecule has 1 unspecified atom stereocenters. The van der Waals surface area contributed by atoms with Gasteiger partial charge in [-0.25, -0.2) is 0 Å². The van der Waals surface area contributed by atoms with Crippen LogP contribution in [0.2, 0.25) is 0 Å². The Morgan fingerprint density at radius 2 is 0.984 bits per heavy atom. The Hall–Kier alpha value is -2.26. The number of imide groups is 1. The van der Waals surface area contributed by atoms with Crippen LogP contribution < -0.4 is 10.6 Å². The van der Waals surface area contributed by atoms with Crippen LogP contribution in [0.3, 0.4) is 0 Å². The third-order valence-electron chi connectivity index (χ3n) is 12.4. The number of hydrogen-bond acceptors (Lipinski definition) is 8. The number of carbonyl (C=O) groups excluding carboxylic acids is 4. The van der Waals surface area contributed by atoms with E-state index in [1.165, 1.54) is 148 Å². The monoisotopic (exact) mass is 906 g/mol. The molecule has 0 aromatic heterocycles. The van der Waals surface area contributed by atoms with E-state index in [0.29, 0.717) is 24.5 Å². The van der Waals surface area contributed by atoms with Crippen LogP contribution in [0, 0.1) is 0 Å². The van der Waals surface area contributed by atoms with Crippen molar-refractivity contribution in [2.24, 2.45) is 0 Å². The molecule has 0 heterocycles. The Morgan fingerprint density at radius 1 is 0.547 bits per heavy atom. The summed E-state index contributed by atoms with van der Waals surface area (Å²) in [7, 11) is 1.82. The molecular weight excluding hydrogens is 799 g/mol. The van der Waals surface area contributed by atoms with Crippen molar-refractivity contribution < 1.29 is 28.7 Å². The van der Waals surface area contributed by atoms with Crippen LogP contribution in [0.15, 0.2) is 11.8 Å². The molecule has 2 amide bonds. The maximum absolute atomic E-state index is 12.8. The Balaban J connectivity index is 0. The van der Waals surface area contributed by atoms with Gasteiger partial charge in [-0.1, -0.05) is 176 Å². The summed E-state index contributed by atoms with van der Waals surface area (Å²) in [4.78, 5) is 49.4. The first-order chi connectivity index (χ1) is 31.2. The van der Waals surface area contributed by atoms with E-state index >= 15 is 0 Å². The minimum absolute atomic E-state index is 0.00280. The second-order valence-corrected chi connectivity index (χ2v) is 18.5. The van der Waals surface area contributed by atoms with Gasteiger partial charge in [0.1, 0.15) is 12.4 Å². The van der Waals surface area contributed by atoms with Crippen molar-refractivity contribution in [2.75, 3.05) is 33.3 Å². The fraction of sp³-hybridized carbons (Fsp3) is 0.891. The molecule has 0 aliphatic heterocycles. The van der Waals surface area contributed by atoms with Crippen molar-refractivity contribution in [3.63, 3.8) is 0 Å². The minimum atomic E-state index is -0.350. The van der Waals surface area contributed by atoms with Gasteiger partial charge < -0.3 is 24.5 Å². The van der Waals surface area contributed by atoms with Crippen molar-refractivity contribution in [1.29, 1.82) is 0 Å². The van der Waals surface area contributed by atoms with Crippen LogP contribution in [-0.2, 0) is 28.7 Å². The number of nitrogens with one attached hydrogen (secondary N) is 2. The third-order valence-corrected chi connectivity index (χ3v) is 12.4. The Labute approximate surface area is 396 Å². The van der Waals surface area contributed by atoms with Crippen LogP contribution in [0.1, 0.15) is 273 Å². The molecule has 0 saturated carbocycles. The quantitative estimate of drug-likeness (QED) is 0.0269. The minimum Gasteiger partial charge on any atom is -0.462 e. The Bertz CT molecular complexity index is 1050. The smallest absolute Gasteiger partial charge is 0.306 e. The summed E-state index contributed by atoms with van der Waals surface area (Å²) in [5.74, 6) is -0.615.